The van der Waals surface area contributed by atoms with Gasteiger partial charge in [-0.05, 0) is 37.4 Å². The minimum absolute atomic E-state index is 0.0153. The Kier molecular flexibility index (Phi) is 7.42. The van der Waals surface area contributed by atoms with Crippen LogP contribution in [0.4, 0.5) is 0 Å². The van der Waals surface area contributed by atoms with E-state index in [4.69, 9.17) is 0 Å². The first-order valence-electron chi connectivity index (χ1n) is 11.8. The molecule has 1 saturated heterocycles. The van der Waals surface area contributed by atoms with Gasteiger partial charge in [-0.25, -0.2) is 4.98 Å². The van der Waals surface area contributed by atoms with E-state index < -0.39 is 0 Å². The summed E-state index contributed by atoms with van der Waals surface area (Å²) in [7, 11) is 3.63. The number of aromatic nitrogens is 3. The lowest BCUT2D eigenvalue weighted by Gasteiger charge is -2.35. The predicted octanol–water partition coefficient (Wildman–Crippen LogP) is 2.33. The van der Waals surface area contributed by atoms with Gasteiger partial charge in [-0.15, -0.1) is 0 Å². The average Bonchev–Trinajstić information content (AvgIpc) is 3.30. The van der Waals surface area contributed by atoms with Crippen molar-refractivity contribution in [2.45, 2.75) is 38.1 Å². The molecule has 1 atom stereocenters. The van der Waals surface area contributed by atoms with Crippen LogP contribution in [0.25, 0.3) is 22.2 Å². The fourth-order valence-corrected chi connectivity index (χ4v) is 4.37. The first kappa shape index (κ1) is 23.7. The lowest BCUT2D eigenvalue weighted by Crippen LogP contribution is -2.52. The first-order chi connectivity index (χ1) is 16.4. The van der Waals surface area contributed by atoms with Gasteiger partial charge in [-0.2, -0.15) is 0 Å². The molecule has 2 aromatic heterocycles. The summed E-state index contributed by atoms with van der Waals surface area (Å²) in [5, 5.41) is 6.72. The predicted molar refractivity (Wildman–Crippen MR) is 131 cm³/mol. The molecule has 1 aliphatic heterocycles. The van der Waals surface area contributed by atoms with Crippen molar-refractivity contribution < 1.29 is 9.59 Å². The second-order valence-electron chi connectivity index (χ2n) is 9.03. The van der Waals surface area contributed by atoms with Crippen LogP contribution in [0.1, 0.15) is 44.0 Å². The molecule has 0 saturated carbocycles. The molecule has 2 amide bonds. The van der Waals surface area contributed by atoms with Crippen LogP contribution in [0.15, 0.2) is 41.3 Å². The van der Waals surface area contributed by atoms with Crippen molar-refractivity contribution >= 4 is 22.7 Å². The number of hydrogen-bond acceptors (Lipinski definition) is 5. The number of unbranched alkanes of at least 4 members (excludes halogenated alkanes) is 2. The first-order valence-corrected chi connectivity index (χ1v) is 11.8. The second kappa shape index (κ2) is 10.6. The summed E-state index contributed by atoms with van der Waals surface area (Å²) in [4.78, 5) is 49.7. The molecule has 1 unspecified atom stereocenters. The normalized spacial score (nSPS) is 15.1. The summed E-state index contributed by atoms with van der Waals surface area (Å²) >= 11 is 0. The molecule has 0 aliphatic carbocycles. The maximum absolute atomic E-state index is 12.8. The third-order valence-electron chi connectivity index (χ3n) is 6.40. The summed E-state index contributed by atoms with van der Waals surface area (Å²) in [6.45, 7) is 1.50. The number of para-hydroxylation sites is 1. The zero-order chi connectivity index (χ0) is 24.1. The third kappa shape index (κ3) is 5.53. The molecule has 3 aromatic rings. The number of fused-ring (bicyclic) bond motifs is 1. The number of H-pyrrole nitrogens is 2. The number of hydrogen-bond donors (Lipinski definition) is 4. The number of carbonyl (C=O) groups is 2. The molecule has 4 rings (SSSR count). The molecule has 1 aromatic carbocycles. The van der Waals surface area contributed by atoms with Gasteiger partial charge in [0.05, 0.1) is 29.4 Å². The van der Waals surface area contributed by atoms with Gasteiger partial charge < -0.3 is 25.5 Å². The van der Waals surface area contributed by atoms with E-state index in [9.17, 15) is 14.4 Å². The van der Waals surface area contributed by atoms with Crippen LogP contribution in [0, 0.1) is 5.92 Å². The van der Waals surface area contributed by atoms with Crippen LogP contribution >= 0.6 is 0 Å². The van der Waals surface area contributed by atoms with Crippen molar-refractivity contribution in [3.05, 3.63) is 52.7 Å². The van der Waals surface area contributed by atoms with E-state index in [-0.39, 0.29) is 29.3 Å². The van der Waals surface area contributed by atoms with Crippen LogP contribution in [0.5, 0.6) is 0 Å². The highest BCUT2D eigenvalue weighted by atomic mass is 16.2. The maximum atomic E-state index is 12.8. The monoisotopic (exact) mass is 464 g/mol. The molecule has 0 bridgehead atoms. The number of imidazole rings is 1. The largest absolute Gasteiger partial charge is 0.359 e. The Morgan fingerprint density at radius 2 is 1.97 bits per heavy atom. The number of likely N-dealkylation sites (tertiary alicyclic amines) is 1. The second-order valence-corrected chi connectivity index (χ2v) is 9.03. The van der Waals surface area contributed by atoms with Crippen molar-refractivity contribution in [3.8, 4) is 11.3 Å². The van der Waals surface area contributed by atoms with E-state index in [2.05, 4.69) is 30.5 Å². The van der Waals surface area contributed by atoms with Gasteiger partial charge in [0, 0.05) is 32.1 Å². The van der Waals surface area contributed by atoms with Crippen molar-refractivity contribution in [2.75, 3.05) is 27.2 Å². The standard InChI is InChI=1S/C25H32N6O3/c1-26-22(32)11-5-3-4-10-20(30-24(33)17-14-31(2)15-17)23-27-13-21(28-23)18-12-16-8-6-7-9-19(16)29-25(18)34/h6-9,12-13,17,20H,3-5,10-11,14-15H2,1-2H3,(H,26,32)(H,27,28)(H,29,34)(H,30,33). The number of carbonyl (C=O) groups excluding carboxylic acids is 2. The van der Waals surface area contributed by atoms with Crippen molar-refractivity contribution in [3.63, 3.8) is 0 Å². The van der Waals surface area contributed by atoms with Crippen LogP contribution in [-0.2, 0) is 9.59 Å². The summed E-state index contributed by atoms with van der Waals surface area (Å²) in [5.74, 6) is 0.679. The summed E-state index contributed by atoms with van der Waals surface area (Å²) in [5.41, 5.74) is 1.71. The van der Waals surface area contributed by atoms with E-state index >= 15 is 0 Å². The number of pyridine rings is 1. The van der Waals surface area contributed by atoms with Crippen LogP contribution in [0.2, 0.25) is 0 Å². The number of nitrogens with zero attached hydrogens (tertiary/aromatic N) is 2. The molecule has 9 nitrogen and oxygen atoms in total. The Labute approximate surface area is 198 Å². The average molecular weight is 465 g/mol. The maximum Gasteiger partial charge on any atom is 0.257 e. The molecule has 34 heavy (non-hydrogen) atoms. The van der Waals surface area contributed by atoms with Gasteiger partial charge in [0.25, 0.3) is 5.56 Å². The van der Waals surface area contributed by atoms with Crippen molar-refractivity contribution in [2.24, 2.45) is 5.92 Å². The smallest absolute Gasteiger partial charge is 0.257 e. The number of benzene rings is 1. The zero-order valence-corrected chi connectivity index (χ0v) is 19.7. The number of aromatic amines is 2. The van der Waals surface area contributed by atoms with Gasteiger partial charge in [0.1, 0.15) is 5.82 Å². The Morgan fingerprint density at radius 3 is 2.74 bits per heavy atom. The Balaban J connectivity index is 1.49. The topological polar surface area (TPSA) is 123 Å². The Hall–Kier alpha value is -3.46. The lowest BCUT2D eigenvalue weighted by molar-refractivity contribution is -0.130. The molecule has 4 N–H and O–H groups in total. The van der Waals surface area contributed by atoms with Crippen molar-refractivity contribution in [1.29, 1.82) is 0 Å². The van der Waals surface area contributed by atoms with Gasteiger partial charge in [0.2, 0.25) is 11.8 Å². The highest BCUT2D eigenvalue weighted by Gasteiger charge is 2.31. The molecule has 0 radical (unpaired) electrons. The SMILES string of the molecule is CNC(=O)CCCCCC(NC(=O)C1CN(C)C1)c1ncc(-c2cc3ccccc3[nH]c2=O)[nH]1. The molecule has 1 fully saturated rings. The molecule has 3 heterocycles. The van der Waals surface area contributed by atoms with Crippen LogP contribution < -0.4 is 16.2 Å². The van der Waals surface area contributed by atoms with Crippen molar-refractivity contribution in [1.82, 2.24) is 30.5 Å². The number of amides is 2. The highest BCUT2D eigenvalue weighted by molar-refractivity contribution is 5.83. The molecular formula is C25H32N6O3. The minimum atomic E-state index is -0.285. The lowest BCUT2D eigenvalue weighted by atomic mass is 9.99. The van der Waals surface area contributed by atoms with E-state index in [1.54, 1.807) is 13.2 Å². The summed E-state index contributed by atoms with van der Waals surface area (Å²) in [6, 6.07) is 9.19. The van der Waals surface area contributed by atoms with Crippen LogP contribution in [-0.4, -0.2) is 58.9 Å². The number of nitrogens with one attached hydrogen (secondary N) is 4. The van der Waals surface area contributed by atoms with Gasteiger partial charge in [-0.1, -0.05) is 31.0 Å². The van der Waals surface area contributed by atoms with Gasteiger partial charge in [0.15, 0.2) is 0 Å². The van der Waals surface area contributed by atoms with E-state index in [0.29, 0.717) is 29.9 Å². The molecule has 1 aliphatic rings. The summed E-state index contributed by atoms with van der Waals surface area (Å²) < 4.78 is 0. The van der Waals surface area contributed by atoms with Gasteiger partial charge in [-0.3, -0.25) is 14.4 Å². The fraction of sp³-hybridized carbons (Fsp3) is 0.440. The Morgan fingerprint density at radius 1 is 1.18 bits per heavy atom. The van der Waals surface area contributed by atoms with E-state index in [1.165, 1.54) is 0 Å². The fourth-order valence-electron chi connectivity index (χ4n) is 4.37. The minimum Gasteiger partial charge on any atom is -0.359 e. The summed E-state index contributed by atoms with van der Waals surface area (Å²) in [6.07, 6.45) is 5.36. The number of rotatable bonds is 10. The quantitative estimate of drug-likeness (QED) is 0.343. The zero-order valence-electron chi connectivity index (χ0n) is 19.7. The molecule has 180 valence electrons. The van der Waals surface area contributed by atoms with E-state index in [1.807, 2.05) is 37.4 Å². The third-order valence-corrected chi connectivity index (χ3v) is 6.40. The van der Waals surface area contributed by atoms with Crippen LogP contribution in [0.3, 0.4) is 0 Å². The molecular weight excluding hydrogens is 432 g/mol. The van der Waals surface area contributed by atoms with E-state index in [0.717, 1.165) is 43.3 Å². The highest BCUT2D eigenvalue weighted by Crippen LogP contribution is 2.24. The Bertz CT molecular complexity index is 1210. The molecule has 9 heteroatoms. The van der Waals surface area contributed by atoms with Gasteiger partial charge >= 0.3 is 0 Å². The molecule has 0 spiro atoms.